The van der Waals surface area contributed by atoms with Crippen LogP contribution in [0.2, 0.25) is 25.7 Å². The van der Waals surface area contributed by atoms with Crippen molar-refractivity contribution < 1.29 is 43.2 Å². The van der Waals surface area contributed by atoms with E-state index >= 15 is 0 Å². The number of aromatic nitrogens is 2. The summed E-state index contributed by atoms with van der Waals surface area (Å²) >= 11 is 3.57. The number of nitrogens with zero attached hydrogens (tertiary/aromatic N) is 3. The van der Waals surface area contributed by atoms with Gasteiger partial charge in [-0.3, -0.25) is 10.1 Å². The Bertz CT molecular complexity index is 1640. The molecule has 0 radical (unpaired) electrons. The SMILES string of the molecule is COC(=O)Nc1ccc(-c2cn(COCC[Si](C)(C)C)c([C@H](CN(CCC(=O)O)C(=O)OC(C)(C)C)NC(=O)OCc3ccccc3)n2)c(Br)c1. The van der Waals surface area contributed by atoms with Crippen molar-refractivity contribution in [2.75, 3.05) is 32.1 Å². The van der Waals surface area contributed by atoms with Gasteiger partial charge in [-0.25, -0.2) is 19.4 Å². The first-order valence-corrected chi connectivity index (χ1v) is 20.9. The number of rotatable bonds is 16. The van der Waals surface area contributed by atoms with Crippen LogP contribution in [-0.2, 0) is 37.1 Å². The van der Waals surface area contributed by atoms with Gasteiger partial charge >= 0.3 is 24.2 Å². The van der Waals surface area contributed by atoms with E-state index in [0.29, 0.717) is 33.8 Å². The summed E-state index contributed by atoms with van der Waals surface area (Å²) in [6.07, 6.45) is -0.753. The lowest BCUT2D eigenvalue weighted by Crippen LogP contribution is -2.44. The van der Waals surface area contributed by atoms with Gasteiger partial charge < -0.3 is 38.8 Å². The standard InChI is InChI=1S/C35H48BrN5O9Si/c1-35(2,3)50-34(46)40(16-15-30(42)43)21-29(39-33(45)49-22-24-11-9-8-10-12-24)31-38-28(20-41(31)23-48-17-18-51(5,6)7)26-14-13-25(19-27(26)36)37-32(44)47-4/h8-14,19-20,29H,15-18,21-23H2,1-7H3,(H,37,44)(H,39,45)(H,42,43)/t29-/m0/s1. The van der Waals surface area contributed by atoms with Crippen molar-refractivity contribution in [2.24, 2.45) is 0 Å². The molecule has 3 amide bonds. The molecule has 3 aromatic rings. The third-order valence-electron chi connectivity index (χ3n) is 7.18. The van der Waals surface area contributed by atoms with E-state index in [0.717, 1.165) is 11.6 Å². The molecule has 0 unspecified atom stereocenters. The van der Waals surface area contributed by atoms with Gasteiger partial charge in [-0.2, -0.15) is 0 Å². The van der Waals surface area contributed by atoms with Crippen molar-refractivity contribution in [3.63, 3.8) is 0 Å². The topological polar surface area (TPSA) is 171 Å². The largest absolute Gasteiger partial charge is 0.481 e. The van der Waals surface area contributed by atoms with E-state index in [1.165, 1.54) is 12.0 Å². The second-order valence-corrected chi connectivity index (χ2v) is 20.4. The highest BCUT2D eigenvalue weighted by molar-refractivity contribution is 9.10. The molecule has 0 aliphatic carbocycles. The quantitative estimate of drug-likeness (QED) is 0.0751. The van der Waals surface area contributed by atoms with Crippen LogP contribution in [-0.4, -0.2) is 84.3 Å². The summed E-state index contributed by atoms with van der Waals surface area (Å²) in [6, 6.07) is 14.2. The van der Waals surface area contributed by atoms with Gasteiger partial charge in [-0.1, -0.05) is 65.9 Å². The van der Waals surface area contributed by atoms with Gasteiger partial charge in [0, 0.05) is 43.1 Å². The summed E-state index contributed by atoms with van der Waals surface area (Å²) in [5.41, 5.74) is 1.55. The molecule has 0 saturated carbocycles. The Kier molecular flexibility index (Phi) is 15.0. The van der Waals surface area contributed by atoms with E-state index in [1.54, 1.807) is 49.7 Å². The number of halogens is 1. The maximum atomic E-state index is 13.4. The number of ether oxygens (including phenoxy) is 4. The van der Waals surface area contributed by atoms with Gasteiger partial charge in [0.1, 0.15) is 30.8 Å². The lowest BCUT2D eigenvalue weighted by molar-refractivity contribution is -0.137. The average Bonchev–Trinajstić information content (AvgIpc) is 3.46. The molecule has 3 rings (SSSR count). The molecule has 1 heterocycles. The first kappa shape index (κ1) is 41.0. The Labute approximate surface area is 307 Å². The summed E-state index contributed by atoms with van der Waals surface area (Å²) in [4.78, 5) is 56.3. The minimum atomic E-state index is -1.41. The van der Waals surface area contributed by atoms with Crippen LogP contribution in [0.3, 0.4) is 0 Å². The number of alkyl carbamates (subject to hydrolysis) is 1. The number of hydrogen-bond donors (Lipinski definition) is 3. The second-order valence-electron chi connectivity index (χ2n) is 13.9. The number of benzene rings is 2. The molecule has 3 N–H and O–H groups in total. The predicted octanol–water partition coefficient (Wildman–Crippen LogP) is 7.48. The summed E-state index contributed by atoms with van der Waals surface area (Å²) in [7, 11) is -0.142. The number of nitrogens with one attached hydrogen (secondary N) is 2. The molecule has 2 aromatic carbocycles. The number of carboxylic acids is 1. The molecule has 1 aromatic heterocycles. The summed E-state index contributed by atoms with van der Waals surface area (Å²) < 4.78 is 24.3. The second kappa shape index (κ2) is 18.7. The van der Waals surface area contributed by atoms with Crippen molar-refractivity contribution in [1.82, 2.24) is 19.8 Å². The van der Waals surface area contributed by atoms with Crippen LogP contribution >= 0.6 is 15.9 Å². The Balaban J connectivity index is 2.07. The molecule has 51 heavy (non-hydrogen) atoms. The third-order valence-corrected chi connectivity index (χ3v) is 9.54. The number of amides is 3. The molecule has 0 saturated heterocycles. The van der Waals surface area contributed by atoms with Gasteiger partial charge in [-0.15, -0.1) is 0 Å². The summed E-state index contributed by atoms with van der Waals surface area (Å²) in [5, 5.41) is 14.9. The van der Waals surface area contributed by atoms with Crippen LogP contribution in [0, 0.1) is 0 Å². The molecular formula is C35H48BrN5O9Si. The Morgan fingerprint density at radius 1 is 1.06 bits per heavy atom. The Hall–Kier alpha value is -4.41. The van der Waals surface area contributed by atoms with Crippen LogP contribution < -0.4 is 10.6 Å². The summed E-state index contributed by atoms with van der Waals surface area (Å²) in [5.74, 6) is -0.785. The monoisotopic (exact) mass is 789 g/mol. The number of imidazole rings is 1. The first-order valence-electron chi connectivity index (χ1n) is 16.4. The van der Waals surface area contributed by atoms with Crippen molar-refractivity contribution in [1.29, 1.82) is 0 Å². The van der Waals surface area contributed by atoms with E-state index in [9.17, 15) is 24.3 Å². The third kappa shape index (κ3) is 14.4. The smallest absolute Gasteiger partial charge is 0.411 e. The maximum absolute atomic E-state index is 13.4. The predicted molar refractivity (Wildman–Crippen MR) is 198 cm³/mol. The van der Waals surface area contributed by atoms with E-state index in [1.807, 2.05) is 30.3 Å². The molecule has 278 valence electrons. The zero-order valence-electron chi connectivity index (χ0n) is 30.2. The lowest BCUT2D eigenvalue weighted by atomic mass is 10.1. The van der Waals surface area contributed by atoms with Crippen molar-refractivity contribution in [2.45, 2.75) is 77.9 Å². The molecule has 0 bridgehead atoms. The minimum absolute atomic E-state index is 0.00735. The Morgan fingerprint density at radius 2 is 1.76 bits per heavy atom. The minimum Gasteiger partial charge on any atom is -0.481 e. The van der Waals surface area contributed by atoms with Gasteiger partial charge in [0.05, 0.1) is 25.8 Å². The fraction of sp³-hybridized carbons (Fsp3) is 0.457. The first-order chi connectivity index (χ1) is 23.9. The molecule has 0 aliphatic heterocycles. The number of carbonyl (C=O) groups is 4. The zero-order chi connectivity index (χ0) is 37.8. The number of carboxylic acid groups (broad SMARTS) is 1. The van der Waals surface area contributed by atoms with E-state index in [-0.39, 0.29) is 32.8 Å². The number of aliphatic carboxylic acids is 1. The van der Waals surface area contributed by atoms with Crippen LogP contribution in [0.1, 0.15) is 44.6 Å². The maximum Gasteiger partial charge on any atom is 0.411 e. The lowest BCUT2D eigenvalue weighted by Gasteiger charge is -2.30. The van der Waals surface area contributed by atoms with E-state index in [4.69, 9.17) is 23.9 Å². The number of carbonyl (C=O) groups excluding carboxylic acids is 3. The molecule has 0 fully saturated rings. The van der Waals surface area contributed by atoms with Crippen LogP contribution in [0.4, 0.5) is 20.1 Å². The molecular weight excluding hydrogens is 742 g/mol. The van der Waals surface area contributed by atoms with E-state index < -0.39 is 44.0 Å². The number of hydrogen-bond acceptors (Lipinski definition) is 9. The van der Waals surface area contributed by atoms with Crippen LogP contribution in [0.15, 0.2) is 59.2 Å². The van der Waals surface area contributed by atoms with Crippen LogP contribution in [0.5, 0.6) is 0 Å². The molecule has 0 spiro atoms. The molecule has 16 heteroatoms. The van der Waals surface area contributed by atoms with Crippen molar-refractivity contribution in [3.05, 3.63) is 70.6 Å². The summed E-state index contributed by atoms with van der Waals surface area (Å²) in [6.45, 7) is 12.0. The average molecular weight is 791 g/mol. The fourth-order valence-corrected chi connectivity index (χ4v) is 5.92. The van der Waals surface area contributed by atoms with Gasteiger partial charge in [0.15, 0.2) is 0 Å². The number of anilines is 1. The van der Waals surface area contributed by atoms with Gasteiger partial charge in [0.25, 0.3) is 0 Å². The van der Waals surface area contributed by atoms with Gasteiger partial charge in [0.2, 0.25) is 0 Å². The van der Waals surface area contributed by atoms with Gasteiger partial charge in [-0.05, 0) is 50.6 Å². The fourth-order valence-electron chi connectivity index (χ4n) is 4.59. The highest BCUT2D eigenvalue weighted by Gasteiger charge is 2.30. The Morgan fingerprint density at radius 3 is 2.37 bits per heavy atom. The van der Waals surface area contributed by atoms with Crippen LogP contribution in [0.25, 0.3) is 11.3 Å². The molecule has 14 nitrogen and oxygen atoms in total. The van der Waals surface area contributed by atoms with Crippen molar-refractivity contribution >= 4 is 53.9 Å². The normalized spacial score (nSPS) is 12.1. The van der Waals surface area contributed by atoms with Crippen molar-refractivity contribution in [3.8, 4) is 11.3 Å². The highest BCUT2D eigenvalue weighted by Crippen LogP contribution is 2.32. The molecule has 1 atom stereocenters. The number of methoxy groups -OCH3 is 1. The zero-order valence-corrected chi connectivity index (χ0v) is 32.7. The molecule has 0 aliphatic rings. The van der Waals surface area contributed by atoms with E-state index in [2.05, 4.69) is 46.2 Å². The highest BCUT2D eigenvalue weighted by atomic mass is 79.9.